The van der Waals surface area contributed by atoms with E-state index in [1.807, 2.05) is 13.8 Å². The van der Waals surface area contributed by atoms with Crippen molar-refractivity contribution >= 4 is 11.4 Å². The summed E-state index contributed by atoms with van der Waals surface area (Å²) in [6, 6.07) is 8.48. The van der Waals surface area contributed by atoms with Gasteiger partial charge in [0.1, 0.15) is 0 Å². The molecule has 3 heteroatoms. The van der Waals surface area contributed by atoms with Crippen molar-refractivity contribution in [1.29, 1.82) is 0 Å². The standard InChI is InChI=1S/C14H22N2O/c1-14(2,17)8-9-16-11-10-15(3)12-6-4-5-7-13(12)16/h4-7,17H,8-11H2,1-3H3. The molecule has 1 N–H and O–H groups in total. The minimum atomic E-state index is -0.585. The molecule has 17 heavy (non-hydrogen) atoms. The first-order valence-electron chi connectivity index (χ1n) is 6.25. The van der Waals surface area contributed by atoms with Crippen molar-refractivity contribution in [3.8, 4) is 0 Å². The van der Waals surface area contributed by atoms with Gasteiger partial charge in [-0.25, -0.2) is 0 Å². The Kier molecular flexibility index (Phi) is 3.29. The van der Waals surface area contributed by atoms with E-state index < -0.39 is 5.60 Å². The molecule has 2 rings (SSSR count). The van der Waals surface area contributed by atoms with E-state index in [1.165, 1.54) is 11.4 Å². The van der Waals surface area contributed by atoms with Crippen LogP contribution in [-0.2, 0) is 0 Å². The van der Waals surface area contributed by atoms with Crippen LogP contribution < -0.4 is 9.80 Å². The molecule has 1 aliphatic heterocycles. The van der Waals surface area contributed by atoms with Crippen molar-refractivity contribution in [2.45, 2.75) is 25.9 Å². The number of likely N-dealkylation sites (N-methyl/N-ethyl adjacent to an activating group) is 1. The first-order chi connectivity index (χ1) is 7.97. The van der Waals surface area contributed by atoms with Crippen LogP contribution in [0, 0.1) is 0 Å². The fraction of sp³-hybridized carbons (Fsp3) is 0.571. The average molecular weight is 234 g/mol. The highest BCUT2D eigenvalue weighted by Gasteiger charge is 2.21. The predicted molar refractivity (Wildman–Crippen MR) is 72.8 cm³/mol. The Bertz CT molecular complexity index is 384. The molecule has 0 amide bonds. The molecular weight excluding hydrogens is 212 g/mol. The van der Waals surface area contributed by atoms with E-state index >= 15 is 0 Å². The van der Waals surface area contributed by atoms with Gasteiger partial charge in [0.05, 0.1) is 17.0 Å². The SMILES string of the molecule is CN1CCN(CCC(C)(C)O)c2ccccc21. The van der Waals surface area contributed by atoms with Crippen molar-refractivity contribution in [3.63, 3.8) is 0 Å². The summed E-state index contributed by atoms with van der Waals surface area (Å²) in [6.07, 6.45) is 0.797. The van der Waals surface area contributed by atoms with Gasteiger partial charge in [-0.15, -0.1) is 0 Å². The Morgan fingerprint density at radius 2 is 1.82 bits per heavy atom. The van der Waals surface area contributed by atoms with Crippen molar-refractivity contribution in [2.75, 3.05) is 36.5 Å². The molecule has 0 fully saturated rings. The van der Waals surface area contributed by atoms with Crippen LogP contribution in [0.3, 0.4) is 0 Å². The lowest BCUT2D eigenvalue weighted by molar-refractivity contribution is 0.0731. The highest BCUT2D eigenvalue weighted by molar-refractivity contribution is 5.73. The summed E-state index contributed by atoms with van der Waals surface area (Å²) in [4.78, 5) is 4.66. The Morgan fingerprint density at radius 1 is 1.18 bits per heavy atom. The quantitative estimate of drug-likeness (QED) is 0.867. The maximum Gasteiger partial charge on any atom is 0.0608 e. The minimum Gasteiger partial charge on any atom is -0.390 e. The van der Waals surface area contributed by atoms with E-state index in [-0.39, 0.29) is 0 Å². The molecule has 94 valence electrons. The number of nitrogens with zero attached hydrogens (tertiary/aromatic N) is 2. The summed E-state index contributed by atoms with van der Waals surface area (Å²) >= 11 is 0. The van der Waals surface area contributed by atoms with Gasteiger partial charge < -0.3 is 14.9 Å². The zero-order chi connectivity index (χ0) is 12.5. The number of rotatable bonds is 3. The van der Waals surface area contributed by atoms with E-state index in [1.54, 1.807) is 0 Å². The van der Waals surface area contributed by atoms with Crippen LogP contribution >= 0.6 is 0 Å². The van der Waals surface area contributed by atoms with Crippen LogP contribution in [0.1, 0.15) is 20.3 Å². The van der Waals surface area contributed by atoms with Crippen LogP contribution in [0.2, 0.25) is 0 Å². The fourth-order valence-corrected chi connectivity index (χ4v) is 2.21. The van der Waals surface area contributed by atoms with Gasteiger partial charge in [-0.2, -0.15) is 0 Å². The molecule has 1 aliphatic rings. The van der Waals surface area contributed by atoms with Crippen molar-refractivity contribution in [1.82, 2.24) is 0 Å². The molecule has 0 aliphatic carbocycles. The maximum absolute atomic E-state index is 9.81. The van der Waals surface area contributed by atoms with Gasteiger partial charge in [0.2, 0.25) is 0 Å². The van der Waals surface area contributed by atoms with Crippen molar-refractivity contribution in [2.24, 2.45) is 0 Å². The Hall–Kier alpha value is -1.22. The molecule has 0 bridgehead atoms. The molecule has 0 radical (unpaired) electrons. The number of anilines is 2. The van der Waals surface area contributed by atoms with Gasteiger partial charge in [-0.3, -0.25) is 0 Å². The molecule has 1 heterocycles. The largest absolute Gasteiger partial charge is 0.390 e. The van der Waals surface area contributed by atoms with Crippen LogP contribution in [0.15, 0.2) is 24.3 Å². The maximum atomic E-state index is 9.81. The Labute approximate surface area is 104 Å². The van der Waals surface area contributed by atoms with E-state index in [0.717, 1.165) is 26.1 Å². The normalized spacial score (nSPS) is 16.0. The van der Waals surface area contributed by atoms with E-state index in [4.69, 9.17) is 0 Å². The molecule has 0 atom stereocenters. The third-order valence-corrected chi connectivity index (χ3v) is 3.33. The summed E-state index contributed by atoms with van der Waals surface area (Å²) in [6.45, 7) is 6.73. The number of benzene rings is 1. The Morgan fingerprint density at radius 3 is 2.47 bits per heavy atom. The van der Waals surface area contributed by atoms with Gasteiger partial charge in [-0.1, -0.05) is 12.1 Å². The average Bonchev–Trinajstić information content (AvgIpc) is 2.27. The number of hydrogen-bond donors (Lipinski definition) is 1. The first kappa shape index (κ1) is 12.2. The van der Waals surface area contributed by atoms with Gasteiger partial charge in [-0.05, 0) is 32.4 Å². The summed E-state index contributed by atoms with van der Waals surface area (Å²) in [5, 5.41) is 9.81. The van der Waals surface area contributed by atoms with E-state index in [9.17, 15) is 5.11 Å². The molecular formula is C14H22N2O. The van der Waals surface area contributed by atoms with Crippen LogP contribution in [0.25, 0.3) is 0 Å². The van der Waals surface area contributed by atoms with Gasteiger partial charge in [0, 0.05) is 26.7 Å². The third-order valence-electron chi connectivity index (χ3n) is 3.33. The molecule has 0 unspecified atom stereocenters. The topological polar surface area (TPSA) is 26.7 Å². The lowest BCUT2D eigenvalue weighted by atomic mass is 10.0. The molecule has 1 aromatic rings. The second-order valence-corrected chi connectivity index (χ2v) is 5.46. The minimum absolute atomic E-state index is 0.585. The van der Waals surface area contributed by atoms with Crippen molar-refractivity contribution in [3.05, 3.63) is 24.3 Å². The summed E-state index contributed by atoms with van der Waals surface area (Å²) in [5.41, 5.74) is 1.98. The molecule has 0 saturated carbocycles. The first-order valence-corrected chi connectivity index (χ1v) is 6.25. The smallest absolute Gasteiger partial charge is 0.0608 e. The van der Waals surface area contributed by atoms with Crippen molar-refractivity contribution < 1.29 is 5.11 Å². The van der Waals surface area contributed by atoms with Gasteiger partial charge in [0.25, 0.3) is 0 Å². The monoisotopic (exact) mass is 234 g/mol. The number of fused-ring (bicyclic) bond motifs is 1. The zero-order valence-corrected chi connectivity index (χ0v) is 11.0. The van der Waals surface area contributed by atoms with Gasteiger partial charge in [0.15, 0.2) is 0 Å². The highest BCUT2D eigenvalue weighted by atomic mass is 16.3. The van der Waals surface area contributed by atoms with Crippen LogP contribution in [0.4, 0.5) is 11.4 Å². The van der Waals surface area contributed by atoms with Gasteiger partial charge >= 0.3 is 0 Å². The second-order valence-electron chi connectivity index (χ2n) is 5.46. The second kappa shape index (κ2) is 4.57. The third kappa shape index (κ3) is 2.91. The lowest BCUT2D eigenvalue weighted by Gasteiger charge is -2.38. The summed E-state index contributed by atoms with van der Waals surface area (Å²) in [7, 11) is 2.13. The summed E-state index contributed by atoms with van der Waals surface area (Å²) in [5.74, 6) is 0. The number of hydrogen-bond acceptors (Lipinski definition) is 3. The Balaban J connectivity index is 2.13. The molecule has 0 saturated heterocycles. The number of aliphatic hydroxyl groups is 1. The molecule has 0 spiro atoms. The molecule has 3 nitrogen and oxygen atoms in total. The number of para-hydroxylation sites is 2. The molecule has 0 aromatic heterocycles. The highest BCUT2D eigenvalue weighted by Crippen LogP contribution is 2.32. The van der Waals surface area contributed by atoms with Crippen LogP contribution in [0.5, 0.6) is 0 Å². The fourth-order valence-electron chi connectivity index (χ4n) is 2.21. The molecule has 1 aromatic carbocycles. The van der Waals surface area contributed by atoms with E-state index in [2.05, 4.69) is 41.1 Å². The van der Waals surface area contributed by atoms with E-state index in [0.29, 0.717) is 0 Å². The predicted octanol–water partition coefficient (Wildman–Crippen LogP) is 2.10. The van der Waals surface area contributed by atoms with Crippen LogP contribution in [-0.4, -0.2) is 37.4 Å². The lowest BCUT2D eigenvalue weighted by Crippen LogP contribution is -2.41. The summed E-state index contributed by atoms with van der Waals surface area (Å²) < 4.78 is 0. The zero-order valence-electron chi connectivity index (χ0n) is 11.0.